The predicted octanol–water partition coefficient (Wildman–Crippen LogP) is 3.08. The minimum absolute atomic E-state index is 0.103. The molecular formula is C18H20F3N3O2. The van der Waals surface area contributed by atoms with Crippen LogP contribution in [0.25, 0.3) is 0 Å². The van der Waals surface area contributed by atoms with Crippen molar-refractivity contribution in [2.75, 3.05) is 6.61 Å². The summed E-state index contributed by atoms with van der Waals surface area (Å²) in [5.74, 6) is -0.639. The molecule has 3 rings (SSSR count). The summed E-state index contributed by atoms with van der Waals surface area (Å²) in [5.41, 5.74) is 0.165. The summed E-state index contributed by atoms with van der Waals surface area (Å²) >= 11 is 0. The Kier molecular flexibility index (Phi) is 5.04. The van der Waals surface area contributed by atoms with Crippen molar-refractivity contribution < 1.29 is 23.1 Å². The number of aliphatic hydroxyl groups is 1. The normalized spacial score (nSPS) is 17.4. The Morgan fingerprint density at radius 1 is 1.27 bits per heavy atom. The summed E-state index contributed by atoms with van der Waals surface area (Å²) in [5, 5.41) is 16.3. The van der Waals surface area contributed by atoms with Crippen LogP contribution in [0.3, 0.4) is 0 Å². The zero-order valence-electron chi connectivity index (χ0n) is 14.0. The number of hydrogen-bond acceptors (Lipinski definition) is 3. The van der Waals surface area contributed by atoms with Gasteiger partial charge in [0.2, 0.25) is 0 Å². The molecular weight excluding hydrogens is 347 g/mol. The van der Waals surface area contributed by atoms with E-state index in [4.69, 9.17) is 0 Å². The van der Waals surface area contributed by atoms with Crippen molar-refractivity contribution in [1.82, 2.24) is 15.1 Å². The largest absolute Gasteiger partial charge is 0.408 e. The van der Waals surface area contributed by atoms with Gasteiger partial charge >= 0.3 is 6.18 Å². The highest BCUT2D eigenvalue weighted by atomic mass is 19.4. The van der Waals surface area contributed by atoms with Gasteiger partial charge < -0.3 is 10.4 Å². The fourth-order valence-electron chi connectivity index (χ4n) is 3.43. The maximum Gasteiger partial charge on any atom is 0.408 e. The van der Waals surface area contributed by atoms with Gasteiger partial charge in [-0.1, -0.05) is 36.8 Å². The standard InChI is InChI=1S/C18H20F3N3O2/c19-18(20,21)11-24-14(7-10-22-24)16(26)23-15(13-5-2-1-3-6-13)17(12-25)8-4-9-17/h1-3,5-7,10,15,25H,4,8-9,11-12H2,(H,23,26). The number of aromatic nitrogens is 2. The van der Waals surface area contributed by atoms with Crippen LogP contribution in [0.5, 0.6) is 0 Å². The molecule has 2 aromatic rings. The highest BCUT2D eigenvalue weighted by Crippen LogP contribution is 2.50. The van der Waals surface area contributed by atoms with Crippen LogP contribution >= 0.6 is 0 Å². The van der Waals surface area contributed by atoms with Crippen LogP contribution in [-0.4, -0.2) is 33.6 Å². The number of benzene rings is 1. The molecule has 1 saturated carbocycles. The van der Waals surface area contributed by atoms with Gasteiger partial charge in [0.1, 0.15) is 12.2 Å². The number of hydrogen-bond donors (Lipinski definition) is 2. The molecule has 0 spiro atoms. The highest BCUT2D eigenvalue weighted by Gasteiger charge is 2.45. The Hall–Kier alpha value is -2.35. The fourth-order valence-corrected chi connectivity index (χ4v) is 3.43. The van der Waals surface area contributed by atoms with E-state index in [1.54, 1.807) is 0 Å². The van der Waals surface area contributed by atoms with E-state index in [0.717, 1.165) is 24.8 Å². The van der Waals surface area contributed by atoms with Crippen molar-refractivity contribution in [1.29, 1.82) is 0 Å². The molecule has 0 saturated heterocycles. The predicted molar refractivity (Wildman–Crippen MR) is 88.3 cm³/mol. The Bertz CT molecular complexity index is 749. The Morgan fingerprint density at radius 2 is 1.96 bits per heavy atom. The van der Waals surface area contributed by atoms with Crippen LogP contribution in [0.15, 0.2) is 42.6 Å². The van der Waals surface area contributed by atoms with E-state index in [1.807, 2.05) is 30.3 Å². The lowest BCUT2D eigenvalue weighted by Gasteiger charge is -2.47. The maximum absolute atomic E-state index is 12.7. The van der Waals surface area contributed by atoms with E-state index < -0.39 is 30.1 Å². The molecule has 8 heteroatoms. The average molecular weight is 367 g/mol. The van der Waals surface area contributed by atoms with Gasteiger partial charge in [-0.15, -0.1) is 0 Å². The molecule has 1 atom stereocenters. The first-order valence-corrected chi connectivity index (χ1v) is 8.40. The van der Waals surface area contributed by atoms with Gasteiger partial charge in [0, 0.05) is 11.6 Å². The Labute approximate surface area is 148 Å². The third-order valence-corrected chi connectivity index (χ3v) is 4.96. The van der Waals surface area contributed by atoms with Crippen molar-refractivity contribution in [3.05, 3.63) is 53.9 Å². The van der Waals surface area contributed by atoms with Crippen LogP contribution in [0, 0.1) is 5.41 Å². The van der Waals surface area contributed by atoms with E-state index in [1.165, 1.54) is 12.3 Å². The van der Waals surface area contributed by atoms with Gasteiger partial charge in [-0.25, -0.2) is 0 Å². The highest BCUT2D eigenvalue weighted by molar-refractivity contribution is 5.92. The number of nitrogens with zero attached hydrogens (tertiary/aromatic N) is 2. The van der Waals surface area contributed by atoms with Gasteiger partial charge in [-0.3, -0.25) is 9.48 Å². The number of amides is 1. The Morgan fingerprint density at radius 3 is 2.50 bits per heavy atom. The van der Waals surface area contributed by atoms with E-state index in [2.05, 4.69) is 10.4 Å². The lowest BCUT2D eigenvalue weighted by atomic mass is 9.63. The van der Waals surface area contributed by atoms with Crippen molar-refractivity contribution >= 4 is 5.91 Å². The molecule has 140 valence electrons. The number of nitrogens with one attached hydrogen (secondary N) is 1. The van der Waals surface area contributed by atoms with Gasteiger partial charge in [-0.05, 0) is 24.5 Å². The van der Waals surface area contributed by atoms with Crippen LogP contribution in [0.4, 0.5) is 13.2 Å². The lowest BCUT2D eigenvalue weighted by molar-refractivity contribution is -0.142. The molecule has 1 aliphatic carbocycles. The second-order valence-electron chi connectivity index (χ2n) is 6.68. The van der Waals surface area contributed by atoms with Gasteiger partial charge in [0.15, 0.2) is 0 Å². The number of halogens is 3. The zero-order valence-corrected chi connectivity index (χ0v) is 14.0. The van der Waals surface area contributed by atoms with Crippen molar-refractivity contribution in [3.8, 4) is 0 Å². The van der Waals surface area contributed by atoms with Crippen LogP contribution in [0.2, 0.25) is 0 Å². The number of alkyl halides is 3. The second-order valence-corrected chi connectivity index (χ2v) is 6.68. The first kappa shape index (κ1) is 18.4. The molecule has 2 N–H and O–H groups in total. The first-order chi connectivity index (χ1) is 12.3. The number of aliphatic hydroxyl groups excluding tert-OH is 1. The number of carbonyl (C=O) groups is 1. The van der Waals surface area contributed by atoms with Crippen LogP contribution < -0.4 is 5.32 Å². The monoisotopic (exact) mass is 367 g/mol. The summed E-state index contributed by atoms with van der Waals surface area (Å²) in [6.07, 6.45) is -0.883. The van der Waals surface area contributed by atoms with Crippen LogP contribution in [-0.2, 0) is 6.54 Å². The molecule has 1 amide bonds. The maximum atomic E-state index is 12.7. The van der Waals surface area contributed by atoms with Gasteiger partial charge in [-0.2, -0.15) is 18.3 Å². The molecule has 1 aromatic heterocycles. The minimum atomic E-state index is -4.47. The van der Waals surface area contributed by atoms with E-state index in [-0.39, 0.29) is 12.3 Å². The van der Waals surface area contributed by atoms with Crippen molar-refractivity contribution in [3.63, 3.8) is 0 Å². The lowest BCUT2D eigenvalue weighted by Crippen LogP contribution is -2.47. The summed E-state index contributed by atoms with van der Waals surface area (Å²) in [6, 6.07) is 9.95. The topological polar surface area (TPSA) is 67.2 Å². The molecule has 0 radical (unpaired) electrons. The van der Waals surface area contributed by atoms with E-state index >= 15 is 0 Å². The van der Waals surface area contributed by atoms with Crippen LogP contribution in [0.1, 0.15) is 41.4 Å². The molecule has 1 unspecified atom stereocenters. The summed E-state index contributed by atoms with van der Waals surface area (Å²) in [6.45, 7) is -1.43. The van der Waals surface area contributed by atoms with Gasteiger partial charge in [0.05, 0.1) is 12.6 Å². The van der Waals surface area contributed by atoms with Crippen molar-refractivity contribution in [2.24, 2.45) is 5.41 Å². The zero-order chi connectivity index (χ0) is 18.8. The fraction of sp³-hybridized carbons (Fsp3) is 0.444. The smallest absolute Gasteiger partial charge is 0.396 e. The molecule has 1 aliphatic rings. The minimum Gasteiger partial charge on any atom is -0.396 e. The van der Waals surface area contributed by atoms with E-state index in [9.17, 15) is 23.1 Å². The summed E-state index contributed by atoms with van der Waals surface area (Å²) in [7, 11) is 0. The number of carbonyl (C=O) groups excluding carboxylic acids is 1. The SMILES string of the molecule is O=C(NC(c1ccccc1)C1(CO)CCC1)c1ccnn1CC(F)(F)F. The molecule has 26 heavy (non-hydrogen) atoms. The number of rotatable bonds is 6. The molecule has 1 heterocycles. The molecule has 0 aliphatic heterocycles. The molecule has 1 fully saturated rings. The molecule has 1 aromatic carbocycles. The Balaban J connectivity index is 1.86. The first-order valence-electron chi connectivity index (χ1n) is 8.40. The van der Waals surface area contributed by atoms with E-state index in [0.29, 0.717) is 4.68 Å². The van der Waals surface area contributed by atoms with Crippen molar-refractivity contribution in [2.45, 2.75) is 38.0 Å². The quantitative estimate of drug-likeness (QED) is 0.825. The average Bonchev–Trinajstić information content (AvgIpc) is 3.00. The molecule has 5 nitrogen and oxygen atoms in total. The summed E-state index contributed by atoms with van der Waals surface area (Å²) < 4.78 is 38.7. The molecule has 0 bridgehead atoms. The van der Waals surface area contributed by atoms with Gasteiger partial charge in [0.25, 0.3) is 5.91 Å². The second kappa shape index (κ2) is 7.11. The third-order valence-electron chi connectivity index (χ3n) is 4.96. The third kappa shape index (κ3) is 3.75. The summed E-state index contributed by atoms with van der Waals surface area (Å²) in [4.78, 5) is 12.7.